The summed E-state index contributed by atoms with van der Waals surface area (Å²) in [7, 11) is 0. The molecule has 2 unspecified atom stereocenters. The van der Waals surface area contributed by atoms with E-state index in [9.17, 15) is 0 Å². The van der Waals surface area contributed by atoms with Crippen molar-refractivity contribution < 1.29 is 9.15 Å². The molecule has 100 valence electrons. The van der Waals surface area contributed by atoms with E-state index >= 15 is 0 Å². The van der Waals surface area contributed by atoms with Crippen molar-refractivity contribution in [2.45, 2.75) is 25.5 Å². The molecule has 0 saturated heterocycles. The maximum atomic E-state index is 5.81. The number of fused-ring (bicyclic) bond motifs is 1. The summed E-state index contributed by atoms with van der Waals surface area (Å²) in [5.41, 5.74) is 6.89. The number of hydrogen-bond donors (Lipinski definition) is 2. The maximum Gasteiger partial charge on any atom is 0.315 e. The van der Waals surface area contributed by atoms with Gasteiger partial charge in [0.1, 0.15) is 11.9 Å². The Kier molecular flexibility index (Phi) is 3.08. The van der Waals surface area contributed by atoms with Gasteiger partial charge in [-0.05, 0) is 18.6 Å². The van der Waals surface area contributed by atoms with Crippen LogP contribution in [0.25, 0.3) is 0 Å². The number of anilines is 1. The zero-order valence-corrected chi connectivity index (χ0v) is 10.7. The number of nitrogens with zero attached hydrogens (tertiary/aromatic N) is 2. The second-order valence-corrected chi connectivity index (χ2v) is 4.67. The predicted octanol–water partition coefficient (Wildman–Crippen LogP) is 1.50. The van der Waals surface area contributed by atoms with Crippen LogP contribution in [0.5, 0.6) is 5.75 Å². The summed E-state index contributed by atoms with van der Waals surface area (Å²) < 4.78 is 11.2. The van der Waals surface area contributed by atoms with Crippen LogP contribution in [0.1, 0.15) is 24.4 Å². The van der Waals surface area contributed by atoms with E-state index in [-0.39, 0.29) is 12.1 Å². The lowest BCUT2D eigenvalue weighted by atomic mass is 10.1. The summed E-state index contributed by atoms with van der Waals surface area (Å²) in [6.07, 6.45) is 0.973. The van der Waals surface area contributed by atoms with Crippen molar-refractivity contribution in [3.63, 3.8) is 0 Å². The normalized spacial score (nSPS) is 18.7. The zero-order chi connectivity index (χ0) is 13.2. The van der Waals surface area contributed by atoms with Crippen molar-refractivity contribution in [3.05, 3.63) is 35.7 Å². The van der Waals surface area contributed by atoms with E-state index in [1.807, 2.05) is 18.2 Å². The molecule has 0 aliphatic carbocycles. The molecule has 2 aromatic rings. The van der Waals surface area contributed by atoms with Gasteiger partial charge in [-0.1, -0.05) is 23.3 Å². The molecule has 3 rings (SSSR count). The van der Waals surface area contributed by atoms with Crippen molar-refractivity contribution in [1.82, 2.24) is 10.2 Å². The molecule has 6 heteroatoms. The minimum Gasteiger partial charge on any atom is -0.488 e. The summed E-state index contributed by atoms with van der Waals surface area (Å²) in [5, 5.41) is 10.8. The number of para-hydroxylation sites is 1. The Morgan fingerprint density at radius 3 is 3.00 bits per heavy atom. The van der Waals surface area contributed by atoms with Crippen LogP contribution in [0.15, 0.2) is 28.7 Å². The number of nitrogens with one attached hydrogen (secondary N) is 1. The van der Waals surface area contributed by atoms with Crippen molar-refractivity contribution in [3.8, 4) is 5.75 Å². The van der Waals surface area contributed by atoms with Crippen LogP contribution in [-0.2, 0) is 6.42 Å². The Hall–Kier alpha value is -2.08. The van der Waals surface area contributed by atoms with E-state index in [2.05, 4.69) is 21.6 Å². The number of hydrogen-bond acceptors (Lipinski definition) is 6. The van der Waals surface area contributed by atoms with E-state index in [0.29, 0.717) is 18.5 Å². The summed E-state index contributed by atoms with van der Waals surface area (Å²) >= 11 is 0. The Morgan fingerprint density at radius 1 is 1.42 bits per heavy atom. The van der Waals surface area contributed by atoms with E-state index < -0.39 is 0 Å². The van der Waals surface area contributed by atoms with E-state index in [4.69, 9.17) is 14.9 Å². The summed E-state index contributed by atoms with van der Waals surface area (Å²) in [6, 6.07) is 8.18. The molecule has 2 atom stereocenters. The molecule has 0 spiro atoms. The van der Waals surface area contributed by atoms with Gasteiger partial charge in [-0.25, -0.2) is 0 Å². The number of benzene rings is 1. The molecule has 0 saturated carbocycles. The first-order valence-corrected chi connectivity index (χ1v) is 6.30. The van der Waals surface area contributed by atoms with Crippen molar-refractivity contribution >= 4 is 6.01 Å². The maximum absolute atomic E-state index is 5.81. The van der Waals surface area contributed by atoms with Crippen LogP contribution in [0.4, 0.5) is 6.01 Å². The van der Waals surface area contributed by atoms with Gasteiger partial charge in [-0.15, -0.1) is 5.10 Å². The molecular weight excluding hydrogens is 244 g/mol. The molecule has 0 fully saturated rings. The van der Waals surface area contributed by atoms with Crippen LogP contribution >= 0.6 is 0 Å². The molecule has 1 aromatic heterocycles. The topological polar surface area (TPSA) is 86.2 Å². The predicted molar refractivity (Wildman–Crippen MR) is 70.0 cm³/mol. The quantitative estimate of drug-likeness (QED) is 0.866. The minimum absolute atomic E-state index is 0.0862. The van der Waals surface area contributed by atoms with Crippen molar-refractivity contribution in [1.29, 1.82) is 0 Å². The molecule has 1 aliphatic rings. The molecule has 0 radical (unpaired) electrons. The standard InChI is InChI=1S/C13H16N4O2/c1-8(14)12-16-17-13(19-12)15-7-10-6-9-4-2-3-5-11(9)18-10/h2-5,8,10H,6-7,14H2,1H3,(H,15,17). The van der Waals surface area contributed by atoms with Gasteiger partial charge in [0.2, 0.25) is 5.89 Å². The third-order valence-electron chi connectivity index (χ3n) is 3.02. The fraction of sp³-hybridized carbons (Fsp3) is 0.385. The van der Waals surface area contributed by atoms with Crippen LogP contribution in [-0.4, -0.2) is 22.8 Å². The molecule has 0 bridgehead atoms. The Bertz CT molecular complexity index is 542. The Labute approximate surface area is 111 Å². The first-order chi connectivity index (χ1) is 9.22. The lowest BCUT2D eigenvalue weighted by Gasteiger charge is -2.10. The van der Waals surface area contributed by atoms with Crippen LogP contribution in [0, 0.1) is 0 Å². The smallest absolute Gasteiger partial charge is 0.315 e. The average Bonchev–Trinajstić information content (AvgIpc) is 3.02. The fourth-order valence-corrected chi connectivity index (χ4v) is 2.06. The van der Waals surface area contributed by atoms with Gasteiger partial charge < -0.3 is 20.2 Å². The largest absolute Gasteiger partial charge is 0.488 e. The zero-order valence-electron chi connectivity index (χ0n) is 10.7. The highest BCUT2D eigenvalue weighted by molar-refractivity contribution is 5.37. The first kappa shape index (κ1) is 12.0. The Balaban J connectivity index is 1.56. The van der Waals surface area contributed by atoms with Crippen molar-refractivity contribution in [2.75, 3.05) is 11.9 Å². The summed E-state index contributed by atoms with van der Waals surface area (Å²) in [5.74, 6) is 1.38. The van der Waals surface area contributed by atoms with E-state index in [1.165, 1.54) is 5.56 Å². The van der Waals surface area contributed by atoms with E-state index in [1.54, 1.807) is 6.92 Å². The number of nitrogens with two attached hydrogens (primary N) is 1. The number of ether oxygens (including phenoxy) is 1. The third-order valence-corrected chi connectivity index (χ3v) is 3.02. The molecule has 19 heavy (non-hydrogen) atoms. The molecule has 1 aromatic carbocycles. The third kappa shape index (κ3) is 2.53. The molecule has 2 heterocycles. The minimum atomic E-state index is -0.255. The van der Waals surface area contributed by atoms with Gasteiger partial charge in [0.25, 0.3) is 0 Å². The summed E-state index contributed by atoms with van der Waals surface area (Å²) in [6.45, 7) is 2.42. The van der Waals surface area contributed by atoms with Crippen molar-refractivity contribution in [2.24, 2.45) is 5.73 Å². The Morgan fingerprint density at radius 2 is 2.26 bits per heavy atom. The lowest BCUT2D eigenvalue weighted by molar-refractivity contribution is 0.245. The summed E-state index contributed by atoms with van der Waals surface area (Å²) in [4.78, 5) is 0. The molecule has 6 nitrogen and oxygen atoms in total. The molecule has 3 N–H and O–H groups in total. The SMILES string of the molecule is CC(N)c1nnc(NCC2Cc3ccccc3O2)o1. The van der Waals surface area contributed by atoms with E-state index in [0.717, 1.165) is 12.2 Å². The van der Waals surface area contributed by atoms with Gasteiger partial charge in [0.15, 0.2) is 0 Å². The molecule has 1 aliphatic heterocycles. The van der Waals surface area contributed by atoms with Crippen LogP contribution in [0.3, 0.4) is 0 Å². The van der Waals surface area contributed by atoms with Gasteiger partial charge in [0, 0.05) is 6.42 Å². The first-order valence-electron chi connectivity index (χ1n) is 6.30. The highest BCUT2D eigenvalue weighted by Crippen LogP contribution is 2.28. The monoisotopic (exact) mass is 260 g/mol. The number of rotatable bonds is 4. The second kappa shape index (κ2) is 4.89. The average molecular weight is 260 g/mol. The highest BCUT2D eigenvalue weighted by Gasteiger charge is 2.22. The molecular formula is C13H16N4O2. The van der Waals surface area contributed by atoms with Gasteiger partial charge in [-0.3, -0.25) is 0 Å². The second-order valence-electron chi connectivity index (χ2n) is 4.67. The van der Waals surface area contributed by atoms with Crippen LogP contribution < -0.4 is 15.8 Å². The van der Waals surface area contributed by atoms with Gasteiger partial charge in [0.05, 0.1) is 12.6 Å². The fourth-order valence-electron chi connectivity index (χ4n) is 2.06. The van der Waals surface area contributed by atoms with Crippen LogP contribution in [0.2, 0.25) is 0 Å². The lowest BCUT2D eigenvalue weighted by Crippen LogP contribution is -2.24. The number of aromatic nitrogens is 2. The molecule has 0 amide bonds. The van der Waals surface area contributed by atoms with Gasteiger partial charge >= 0.3 is 6.01 Å². The highest BCUT2D eigenvalue weighted by atomic mass is 16.5. The van der Waals surface area contributed by atoms with Gasteiger partial charge in [-0.2, -0.15) is 0 Å².